The number of rotatable bonds is 7. The van der Waals surface area contributed by atoms with Gasteiger partial charge < -0.3 is 10.2 Å². The van der Waals surface area contributed by atoms with E-state index in [9.17, 15) is 4.79 Å². The Labute approximate surface area is 144 Å². The summed E-state index contributed by atoms with van der Waals surface area (Å²) in [6.07, 6.45) is 1.66. The summed E-state index contributed by atoms with van der Waals surface area (Å²) in [7, 11) is 0. The maximum atomic E-state index is 12.8. The average Bonchev–Trinajstić information content (AvgIpc) is 2.58. The number of anilines is 1. The van der Waals surface area contributed by atoms with Gasteiger partial charge in [0.2, 0.25) is 0 Å². The molecule has 0 saturated carbocycles. The highest BCUT2D eigenvalue weighted by Crippen LogP contribution is 2.14. The van der Waals surface area contributed by atoms with Crippen LogP contribution >= 0.6 is 0 Å². The van der Waals surface area contributed by atoms with Gasteiger partial charge >= 0.3 is 0 Å². The van der Waals surface area contributed by atoms with E-state index in [1.165, 1.54) is 0 Å². The van der Waals surface area contributed by atoms with Crippen LogP contribution in [0.2, 0.25) is 0 Å². The Morgan fingerprint density at radius 2 is 1.79 bits per heavy atom. The maximum absolute atomic E-state index is 12.8. The van der Waals surface area contributed by atoms with Crippen LogP contribution in [-0.2, 0) is 6.54 Å². The summed E-state index contributed by atoms with van der Waals surface area (Å²) in [5.74, 6) is 1.37. The van der Waals surface area contributed by atoms with E-state index in [-0.39, 0.29) is 11.9 Å². The first kappa shape index (κ1) is 18.0. The molecule has 0 radical (unpaired) electrons. The van der Waals surface area contributed by atoms with Gasteiger partial charge in [0.1, 0.15) is 5.82 Å². The summed E-state index contributed by atoms with van der Waals surface area (Å²) in [5, 5.41) is 3.27. The lowest BCUT2D eigenvalue weighted by molar-refractivity contribution is 0.0690. The molecule has 0 aliphatic carbocycles. The van der Waals surface area contributed by atoms with Crippen LogP contribution in [0.4, 0.5) is 5.82 Å². The summed E-state index contributed by atoms with van der Waals surface area (Å²) in [6.45, 7) is 9.83. The first-order chi connectivity index (χ1) is 11.5. The van der Waals surface area contributed by atoms with Crippen molar-refractivity contribution in [3.05, 3.63) is 59.8 Å². The third kappa shape index (κ3) is 5.08. The number of hydrogen-bond acceptors (Lipinski definition) is 3. The molecule has 0 aliphatic rings. The summed E-state index contributed by atoms with van der Waals surface area (Å²) < 4.78 is 0. The molecule has 2 aromatic rings. The number of benzene rings is 1. The Balaban J connectivity index is 2.09. The Morgan fingerprint density at radius 1 is 1.08 bits per heavy atom. The van der Waals surface area contributed by atoms with E-state index in [0.717, 1.165) is 17.9 Å². The average molecular weight is 325 g/mol. The third-order valence-corrected chi connectivity index (χ3v) is 3.78. The van der Waals surface area contributed by atoms with Gasteiger partial charge in [-0.1, -0.05) is 44.2 Å². The van der Waals surface area contributed by atoms with Crippen molar-refractivity contribution in [3.63, 3.8) is 0 Å². The molecule has 24 heavy (non-hydrogen) atoms. The molecule has 0 atom stereocenters. The predicted octanol–water partition coefficient (Wildman–Crippen LogP) is 4.20. The van der Waals surface area contributed by atoms with Crippen molar-refractivity contribution in [1.82, 2.24) is 9.88 Å². The fourth-order valence-corrected chi connectivity index (χ4v) is 2.37. The number of pyridine rings is 1. The highest BCUT2D eigenvalue weighted by atomic mass is 16.2. The molecule has 1 N–H and O–H groups in total. The molecular formula is C20H27N3O. The second kappa shape index (κ2) is 8.48. The van der Waals surface area contributed by atoms with E-state index in [4.69, 9.17) is 0 Å². The molecule has 1 heterocycles. The molecule has 0 fully saturated rings. The SMILES string of the molecule is CC(C)CNc1ccc(C(=O)N(Cc2ccccc2)C(C)C)cn1. The number of aromatic nitrogens is 1. The van der Waals surface area contributed by atoms with Crippen molar-refractivity contribution in [2.45, 2.75) is 40.3 Å². The zero-order valence-corrected chi connectivity index (χ0v) is 15.0. The van der Waals surface area contributed by atoms with E-state index in [1.807, 2.05) is 61.2 Å². The Bertz CT molecular complexity index is 636. The van der Waals surface area contributed by atoms with E-state index in [0.29, 0.717) is 18.0 Å². The van der Waals surface area contributed by atoms with Crippen LogP contribution in [0, 0.1) is 5.92 Å². The Morgan fingerprint density at radius 3 is 2.33 bits per heavy atom. The van der Waals surface area contributed by atoms with E-state index in [1.54, 1.807) is 6.20 Å². The second-order valence-corrected chi connectivity index (χ2v) is 6.72. The zero-order valence-electron chi connectivity index (χ0n) is 15.0. The predicted molar refractivity (Wildman–Crippen MR) is 99.0 cm³/mol. The van der Waals surface area contributed by atoms with Gasteiger partial charge in [0, 0.05) is 25.3 Å². The molecule has 1 aromatic carbocycles. The van der Waals surface area contributed by atoms with Crippen LogP contribution in [0.15, 0.2) is 48.7 Å². The molecule has 4 heteroatoms. The summed E-state index contributed by atoms with van der Waals surface area (Å²) in [4.78, 5) is 19.1. The minimum Gasteiger partial charge on any atom is -0.370 e. The molecule has 0 spiro atoms. The molecule has 2 rings (SSSR count). The number of carbonyl (C=O) groups excluding carboxylic acids is 1. The summed E-state index contributed by atoms with van der Waals surface area (Å²) >= 11 is 0. The summed E-state index contributed by atoms with van der Waals surface area (Å²) in [5.41, 5.74) is 1.75. The van der Waals surface area contributed by atoms with E-state index in [2.05, 4.69) is 24.1 Å². The quantitative estimate of drug-likeness (QED) is 0.830. The van der Waals surface area contributed by atoms with Crippen LogP contribution in [0.1, 0.15) is 43.6 Å². The minimum atomic E-state index is 0.0109. The molecule has 128 valence electrons. The summed E-state index contributed by atoms with van der Waals surface area (Å²) in [6, 6.07) is 13.9. The van der Waals surface area contributed by atoms with Gasteiger partial charge in [0.05, 0.1) is 5.56 Å². The van der Waals surface area contributed by atoms with Gasteiger partial charge in [-0.05, 0) is 37.5 Å². The van der Waals surface area contributed by atoms with Crippen molar-refractivity contribution >= 4 is 11.7 Å². The van der Waals surface area contributed by atoms with Crippen LogP contribution in [0.5, 0.6) is 0 Å². The lowest BCUT2D eigenvalue weighted by atomic mass is 10.1. The topological polar surface area (TPSA) is 45.2 Å². The van der Waals surface area contributed by atoms with Gasteiger partial charge in [-0.2, -0.15) is 0 Å². The standard InChI is InChI=1S/C20H27N3O/c1-15(2)12-21-19-11-10-18(13-22-19)20(24)23(16(3)4)14-17-8-6-5-7-9-17/h5-11,13,15-16H,12,14H2,1-4H3,(H,21,22). The third-order valence-electron chi connectivity index (χ3n) is 3.78. The van der Waals surface area contributed by atoms with Gasteiger partial charge in [-0.15, -0.1) is 0 Å². The van der Waals surface area contributed by atoms with Crippen molar-refractivity contribution in [1.29, 1.82) is 0 Å². The fraction of sp³-hybridized carbons (Fsp3) is 0.400. The lowest BCUT2D eigenvalue weighted by Gasteiger charge is -2.27. The van der Waals surface area contributed by atoms with E-state index >= 15 is 0 Å². The van der Waals surface area contributed by atoms with Crippen molar-refractivity contribution in [2.24, 2.45) is 5.92 Å². The highest BCUT2D eigenvalue weighted by Gasteiger charge is 2.19. The first-order valence-corrected chi connectivity index (χ1v) is 8.52. The minimum absolute atomic E-state index is 0.0109. The van der Waals surface area contributed by atoms with Crippen LogP contribution in [0.25, 0.3) is 0 Å². The van der Waals surface area contributed by atoms with Crippen LogP contribution < -0.4 is 5.32 Å². The molecule has 0 saturated heterocycles. The number of amides is 1. The fourth-order valence-electron chi connectivity index (χ4n) is 2.37. The number of nitrogens with one attached hydrogen (secondary N) is 1. The van der Waals surface area contributed by atoms with Crippen molar-refractivity contribution in [3.8, 4) is 0 Å². The van der Waals surface area contributed by atoms with E-state index < -0.39 is 0 Å². The zero-order chi connectivity index (χ0) is 17.5. The second-order valence-electron chi connectivity index (χ2n) is 6.72. The largest absolute Gasteiger partial charge is 0.370 e. The number of nitrogens with zero attached hydrogens (tertiary/aromatic N) is 2. The Hall–Kier alpha value is -2.36. The normalized spacial score (nSPS) is 10.9. The molecule has 0 bridgehead atoms. The molecule has 0 aliphatic heterocycles. The van der Waals surface area contributed by atoms with Crippen molar-refractivity contribution < 1.29 is 4.79 Å². The van der Waals surface area contributed by atoms with Gasteiger partial charge in [-0.25, -0.2) is 4.98 Å². The number of carbonyl (C=O) groups is 1. The first-order valence-electron chi connectivity index (χ1n) is 8.52. The smallest absolute Gasteiger partial charge is 0.255 e. The molecular weight excluding hydrogens is 298 g/mol. The Kier molecular flexibility index (Phi) is 6.36. The van der Waals surface area contributed by atoms with Gasteiger partial charge in [0.25, 0.3) is 5.91 Å². The van der Waals surface area contributed by atoms with Crippen LogP contribution in [0.3, 0.4) is 0 Å². The van der Waals surface area contributed by atoms with Crippen LogP contribution in [-0.4, -0.2) is 28.4 Å². The molecule has 4 nitrogen and oxygen atoms in total. The monoisotopic (exact) mass is 325 g/mol. The molecule has 0 unspecified atom stereocenters. The molecule has 1 amide bonds. The van der Waals surface area contributed by atoms with Gasteiger partial charge in [0.15, 0.2) is 0 Å². The number of hydrogen-bond donors (Lipinski definition) is 1. The molecule has 1 aromatic heterocycles. The van der Waals surface area contributed by atoms with Crippen molar-refractivity contribution in [2.75, 3.05) is 11.9 Å². The van der Waals surface area contributed by atoms with Gasteiger partial charge in [-0.3, -0.25) is 4.79 Å². The lowest BCUT2D eigenvalue weighted by Crippen LogP contribution is -2.36. The highest BCUT2D eigenvalue weighted by molar-refractivity contribution is 5.94. The maximum Gasteiger partial charge on any atom is 0.255 e.